The zero-order valence-corrected chi connectivity index (χ0v) is 31.9. The molecule has 0 bridgehead atoms. The summed E-state index contributed by atoms with van der Waals surface area (Å²) in [5.41, 5.74) is -1.10. The molecule has 2 aliphatic heterocycles. The van der Waals surface area contributed by atoms with Gasteiger partial charge in [-0.15, -0.1) is 0 Å². The molecular formula is C39H64O14. The molecule has 6 rings (SSSR count). The standard InChI is InChI=1S/C39H64O14/c1-16(2)9-20(41)10-17(3)29-25(51-37-35(49)33(47)31(45)26(15-40)52-37)14-23-28-22(7-8-38(23,29)5)39(6)19(12-24(28)43)11-21(42)13-27(39)53-36-34(48)32(46)30(44)18(4)50-36/h16-19,21-23,25-37,40,42,44-49H,7-15H2,1-6H3/t17-,18+,19-,21-,22+,23+,25+,26-,27-,28-,29+,30+,31-,32-,33+,34-,35-,36+,37-,38+,39+/m1/s1. The van der Waals surface area contributed by atoms with Crippen LogP contribution in [0.3, 0.4) is 0 Å². The van der Waals surface area contributed by atoms with E-state index in [9.17, 15) is 50.4 Å². The summed E-state index contributed by atoms with van der Waals surface area (Å²) >= 11 is 0. The van der Waals surface area contributed by atoms with Crippen molar-refractivity contribution in [3.63, 3.8) is 0 Å². The number of ketones is 2. The number of rotatable bonds is 10. The van der Waals surface area contributed by atoms with Gasteiger partial charge >= 0.3 is 0 Å². The predicted molar refractivity (Wildman–Crippen MR) is 186 cm³/mol. The number of Topliss-reactive ketones (excluding diaryl/α,β-unsaturated/α-hetero) is 2. The molecule has 6 aliphatic rings. The highest BCUT2D eigenvalue weighted by Crippen LogP contribution is 2.68. The number of hydrogen-bond donors (Lipinski definition) is 8. The zero-order chi connectivity index (χ0) is 38.9. The molecule has 0 unspecified atom stereocenters. The third-order valence-corrected chi connectivity index (χ3v) is 14.7. The van der Waals surface area contributed by atoms with E-state index in [-0.39, 0.29) is 59.9 Å². The molecule has 2 heterocycles. The van der Waals surface area contributed by atoms with Gasteiger partial charge in [-0.05, 0) is 73.5 Å². The second-order valence-electron chi connectivity index (χ2n) is 18.4. The lowest BCUT2D eigenvalue weighted by Gasteiger charge is -2.62. The van der Waals surface area contributed by atoms with Crippen molar-refractivity contribution in [2.24, 2.45) is 52.3 Å². The number of ether oxygens (including phenoxy) is 4. The van der Waals surface area contributed by atoms with E-state index in [0.29, 0.717) is 38.5 Å². The van der Waals surface area contributed by atoms with Crippen molar-refractivity contribution in [2.45, 2.75) is 173 Å². The topological polar surface area (TPSA) is 233 Å². The average molecular weight is 757 g/mol. The molecule has 14 nitrogen and oxygen atoms in total. The van der Waals surface area contributed by atoms with Crippen LogP contribution in [0.1, 0.15) is 92.9 Å². The summed E-state index contributed by atoms with van der Waals surface area (Å²) in [5, 5.41) is 84.6. The highest BCUT2D eigenvalue weighted by molar-refractivity contribution is 5.83. The van der Waals surface area contributed by atoms with Gasteiger partial charge in [0.2, 0.25) is 0 Å². The lowest BCUT2D eigenvalue weighted by atomic mass is 9.43. The Morgan fingerprint density at radius 2 is 1.47 bits per heavy atom. The summed E-state index contributed by atoms with van der Waals surface area (Å²) in [6, 6.07) is 0. The molecule has 0 aromatic carbocycles. The Labute approximate surface area is 312 Å². The van der Waals surface area contributed by atoms with Crippen LogP contribution in [0.2, 0.25) is 0 Å². The Balaban J connectivity index is 1.32. The van der Waals surface area contributed by atoms with Gasteiger partial charge in [-0.1, -0.05) is 34.6 Å². The maximum absolute atomic E-state index is 14.5. The molecule has 14 heteroatoms. The molecule has 0 aromatic heterocycles. The molecular weight excluding hydrogens is 692 g/mol. The van der Waals surface area contributed by atoms with Crippen molar-refractivity contribution >= 4 is 11.6 Å². The van der Waals surface area contributed by atoms with E-state index in [4.69, 9.17) is 18.9 Å². The quantitative estimate of drug-likeness (QED) is 0.151. The first-order valence-corrected chi connectivity index (χ1v) is 19.9. The maximum Gasteiger partial charge on any atom is 0.186 e. The monoisotopic (exact) mass is 756 g/mol. The summed E-state index contributed by atoms with van der Waals surface area (Å²) in [7, 11) is 0. The van der Waals surface area contributed by atoms with Gasteiger partial charge in [0.05, 0.1) is 31.0 Å². The summed E-state index contributed by atoms with van der Waals surface area (Å²) in [4.78, 5) is 27.7. The van der Waals surface area contributed by atoms with Crippen molar-refractivity contribution in [1.82, 2.24) is 0 Å². The number of fused-ring (bicyclic) bond motifs is 5. The second-order valence-corrected chi connectivity index (χ2v) is 18.4. The molecule has 0 amide bonds. The fourth-order valence-corrected chi connectivity index (χ4v) is 12.0. The molecule has 4 saturated carbocycles. The lowest BCUT2D eigenvalue weighted by molar-refractivity contribution is -0.326. The second kappa shape index (κ2) is 15.7. The van der Waals surface area contributed by atoms with Gasteiger partial charge < -0.3 is 59.8 Å². The minimum Gasteiger partial charge on any atom is -0.394 e. The maximum atomic E-state index is 14.5. The van der Waals surface area contributed by atoms with Crippen LogP contribution in [0.4, 0.5) is 0 Å². The number of aliphatic hydroxyl groups is 8. The van der Waals surface area contributed by atoms with E-state index in [2.05, 4.69) is 13.8 Å². The summed E-state index contributed by atoms with van der Waals surface area (Å²) in [6.07, 6.45) is -12.3. The van der Waals surface area contributed by atoms with Gasteiger partial charge in [0.25, 0.3) is 0 Å². The van der Waals surface area contributed by atoms with Crippen molar-refractivity contribution in [2.75, 3.05) is 6.61 Å². The molecule has 0 spiro atoms. The van der Waals surface area contributed by atoms with Gasteiger partial charge in [0, 0.05) is 37.0 Å². The van der Waals surface area contributed by atoms with Crippen molar-refractivity contribution in [1.29, 1.82) is 0 Å². The molecule has 53 heavy (non-hydrogen) atoms. The molecule has 0 radical (unpaired) electrons. The summed E-state index contributed by atoms with van der Waals surface area (Å²) in [5.74, 6) is -1.01. The van der Waals surface area contributed by atoms with Gasteiger partial charge in [-0.2, -0.15) is 0 Å². The van der Waals surface area contributed by atoms with E-state index in [1.165, 1.54) is 0 Å². The van der Waals surface area contributed by atoms with E-state index in [0.717, 1.165) is 0 Å². The van der Waals surface area contributed by atoms with Gasteiger partial charge in [0.1, 0.15) is 54.3 Å². The van der Waals surface area contributed by atoms with Crippen LogP contribution in [0.25, 0.3) is 0 Å². The highest BCUT2D eigenvalue weighted by Gasteiger charge is 2.68. The molecule has 2 saturated heterocycles. The largest absolute Gasteiger partial charge is 0.394 e. The number of carbonyl (C=O) groups excluding carboxylic acids is 2. The van der Waals surface area contributed by atoms with Crippen LogP contribution in [0.15, 0.2) is 0 Å². The van der Waals surface area contributed by atoms with Crippen LogP contribution in [0.5, 0.6) is 0 Å². The number of aliphatic hydroxyl groups excluding tert-OH is 8. The van der Waals surface area contributed by atoms with Gasteiger partial charge in [0.15, 0.2) is 12.6 Å². The van der Waals surface area contributed by atoms with Crippen LogP contribution in [-0.4, -0.2) is 139 Å². The molecule has 21 atom stereocenters. The molecule has 0 aromatic rings. The number of carbonyl (C=O) groups is 2. The Morgan fingerprint density at radius 1 is 0.830 bits per heavy atom. The highest BCUT2D eigenvalue weighted by atomic mass is 16.7. The van der Waals surface area contributed by atoms with Crippen molar-refractivity contribution in [3.8, 4) is 0 Å². The van der Waals surface area contributed by atoms with E-state index in [1.54, 1.807) is 6.92 Å². The molecule has 304 valence electrons. The fraction of sp³-hybridized carbons (Fsp3) is 0.949. The summed E-state index contributed by atoms with van der Waals surface area (Å²) < 4.78 is 24.7. The Hall–Kier alpha value is -1.14. The Bertz CT molecular complexity index is 1310. The third kappa shape index (κ3) is 7.31. The summed E-state index contributed by atoms with van der Waals surface area (Å²) in [6.45, 7) is 11.3. The van der Waals surface area contributed by atoms with Crippen molar-refractivity contribution < 1.29 is 69.4 Å². The SMILES string of the molecule is CC(C)CC(=O)C[C@@H](C)[C@H]1[C@@H](O[C@@H]2O[C@H](CO)[C@@H](O)[C@H](O)[C@H]2O)C[C@H]2[C@@H]3C(=O)C[C@H]4C[C@@H](O)C[C@@H](O[C@@H]5O[C@@H](C)[C@H](O)[C@@H](O)[C@H]5O)[C@]4(C)[C@H]3CC[C@]12C. The first-order valence-electron chi connectivity index (χ1n) is 19.9. The van der Waals surface area contributed by atoms with Gasteiger partial charge in [-0.3, -0.25) is 9.59 Å². The van der Waals surface area contributed by atoms with E-state index < -0.39 is 103 Å². The smallest absolute Gasteiger partial charge is 0.186 e. The zero-order valence-electron chi connectivity index (χ0n) is 31.9. The minimum atomic E-state index is -1.62. The van der Waals surface area contributed by atoms with Crippen LogP contribution < -0.4 is 0 Å². The van der Waals surface area contributed by atoms with Crippen LogP contribution in [-0.2, 0) is 28.5 Å². The van der Waals surface area contributed by atoms with E-state index in [1.807, 2.05) is 20.8 Å². The Morgan fingerprint density at radius 3 is 2.11 bits per heavy atom. The number of hydrogen-bond acceptors (Lipinski definition) is 14. The fourth-order valence-electron chi connectivity index (χ4n) is 12.0. The van der Waals surface area contributed by atoms with Gasteiger partial charge in [-0.25, -0.2) is 0 Å². The van der Waals surface area contributed by atoms with E-state index >= 15 is 0 Å². The Kier molecular flexibility index (Phi) is 12.3. The normalized spacial score (nSPS) is 52.1. The molecule has 4 aliphatic carbocycles. The minimum absolute atomic E-state index is 0.0955. The first kappa shape index (κ1) is 41.5. The molecule has 6 fully saturated rings. The first-order chi connectivity index (χ1) is 24.8. The van der Waals surface area contributed by atoms with Crippen LogP contribution >= 0.6 is 0 Å². The third-order valence-electron chi connectivity index (χ3n) is 14.7. The van der Waals surface area contributed by atoms with Crippen LogP contribution in [0, 0.1) is 52.3 Å². The lowest BCUT2D eigenvalue weighted by Crippen LogP contribution is -2.64. The predicted octanol–water partition coefficient (Wildman–Crippen LogP) is 0.444. The van der Waals surface area contributed by atoms with Crippen molar-refractivity contribution in [3.05, 3.63) is 0 Å². The molecule has 8 N–H and O–H groups in total. The average Bonchev–Trinajstić information content (AvgIpc) is 3.38.